The van der Waals surface area contributed by atoms with Gasteiger partial charge >= 0.3 is 0 Å². The molecule has 19 heavy (non-hydrogen) atoms. The second kappa shape index (κ2) is 8.39. The highest BCUT2D eigenvalue weighted by Gasteiger charge is 2.14. The quantitative estimate of drug-likeness (QED) is 0.691. The first kappa shape index (κ1) is 16.3. The van der Waals surface area contributed by atoms with Crippen molar-refractivity contribution in [2.24, 2.45) is 0 Å². The summed E-state index contributed by atoms with van der Waals surface area (Å²) < 4.78 is 5.77. The second-order valence-corrected chi connectivity index (χ2v) is 5.60. The summed E-state index contributed by atoms with van der Waals surface area (Å²) in [5.74, 6) is 2.10. The molecule has 0 atom stereocenters. The van der Waals surface area contributed by atoms with Gasteiger partial charge in [0, 0.05) is 18.2 Å². The zero-order valence-electron chi connectivity index (χ0n) is 13.3. The van der Waals surface area contributed by atoms with E-state index in [4.69, 9.17) is 4.42 Å². The highest BCUT2D eigenvalue weighted by Crippen LogP contribution is 2.18. The molecule has 0 unspecified atom stereocenters. The van der Waals surface area contributed by atoms with Gasteiger partial charge in [-0.1, -0.05) is 19.8 Å². The van der Waals surface area contributed by atoms with Crippen molar-refractivity contribution in [3.05, 3.63) is 23.2 Å². The average molecular weight is 266 g/mol. The first-order valence-corrected chi connectivity index (χ1v) is 7.55. The first-order valence-electron chi connectivity index (χ1n) is 7.55. The van der Waals surface area contributed by atoms with E-state index >= 15 is 0 Å². The molecule has 0 aliphatic carbocycles. The van der Waals surface area contributed by atoms with E-state index in [1.807, 2.05) is 7.05 Å². The van der Waals surface area contributed by atoms with E-state index in [9.17, 15) is 0 Å². The molecule has 1 aromatic rings. The Balaban J connectivity index is 2.62. The molecule has 0 spiro atoms. The SMILES string of the molecule is CCCCCN(Cc1cc(CNC)oc1C)C(C)C. The molecule has 3 nitrogen and oxygen atoms in total. The van der Waals surface area contributed by atoms with E-state index in [-0.39, 0.29) is 0 Å². The third kappa shape index (κ3) is 5.37. The van der Waals surface area contributed by atoms with Crippen LogP contribution in [0.5, 0.6) is 0 Å². The van der Waals surface area contributed by atoms with Crippen LogP contribution in [-0.4, -0.2) is 24.5 Å². The van der Waals surface area contributed by atoms with Gasteiger partial charge in [-0.05, 0) is 46.9 Å². The van der Waals surface area contributed by atoms with E-state index in [0.717, 1.165) is 24.6 Å². The number of unbranched alkanes of at least 4 members (excludes halogenated alkanes) is 2. The summed E-state index contributed by atoms with van der Waals surface area (Å²) >= 11 is 0. The molecule has 0 aliphatic heterocycles. The van der Waals surface area contributed by atoms with Crippen molar-refractivity contribution in [3.8, 4) is 0 Å². The van der Waals surface area contributed by atoms with Crippen LogP contribution in [0, 0.1) is 6.92 Å². The van der Waals surface area contributed by atoms with Crippen LogP contribution in [0.25, 0.3) is 0 Å². The lowest BCUT2D eigenvalue weighted by Gasteiger charge is -2.26. The van der Waals surface area contributed by atoms with Crippen molar-refractivity contribution in [1.82, 2.24) is 10.2 Å². The molecule has 1 aromatic heterocycles. The molecule has 1 rings (SSSR count). The Morgan fingerprint density at radius 2 is 2.05 bits per heavy atom. The van der Waals surface area contributed by atoms with Gasteiger partial charge < -0.3 is 9.73 Å². The molecular weight excluding hydrogens is 236 g/mol. The third-order valence-electron chi connectivity index (χ3n) is 3.58. The lowest BCUT2D eigenvalue weighted by molar-refractivity contribution is 0.207. The number of furan rings is 1. The Kier molecular flexibility index (Phi) is 7.17. The van der Waals surface area contributed by atoms with Crippen molar-refractivity contribution >= 4 is 0 Å². The summed E-state index contributed by atoms with van der Waals surface area (Å²) in [6.07, 6.45) is 3.89. The lowest BCUT2D eigenvalue weighted by atomic mass is 10.1. The van der Waals surface area contributed by atoms with Crippen LogP contribution in [0.15, 0.2) is 10.5 Å². The summed E-state index contributed by atoms with van der Waals surface area (Å²) in [6, 6.07) is 2.78. The van der Waals surface area contributed by atoms with Crippen molar-refractivity contribution < 1.29 is 4.42 Å². The minimum Gasteiger partial charge on any atom is -0.465 e. The number of nitrogens with one attached hydrogen (secondary N) is 1. The van der Waals surface area contributed by atoms with Crippen LogP contribution in [0.4, 0.5) is 0 Å². The lowest BCUT2D eigenvalue weighted by Crippen LogP contribution is -2.31. The van der Waals surface area contributed by atoms with Gasteiger partial charge in [0.2, 0.25) is 0 Å². The fourth-order valence-corrected chi connectivity index (χ4v) is 2.31. The maximum absolute atomic E-state index is 5.77. The molecular formula is C16H30N2O. The molecule has 3 heteroatoms. The summed E-state index contributed by atoms with van der Waals surface area (Å²) in [5.41, 5.74) is 1.33. The number of hydrogen-bond donors (Lipinski definition) is 1. The van der Waals surface area contributed by atoms with Gasteiger partial charge in [-0.2, -0.15) is 0 Å². The molecule has 0 radical (unpaired) electrons. The molecule has 0 aliphatic rings. The van der Waals surface area contributed by atoms with Gasteiger partial charge in [0.25, 0.3) is 0 Å². The summed E-state index contributed by atoms with van der Waals surface area (Å²) in [4.78, 5) is 2.54. The zero-order valence-corrected chi connectivity index (χ0v) is 13.3. The van der Waals surface area contributed by atoms with E-state index in [2.05, 4.69) is 44.0 Å². The van der Waals surface area contributed by atoms with Crippen molar-refractivity contribution in [2.75, 3.05) is 13.6 Å². The van der Waals surface area contributed by atoms with Gasteiger partial charge in [0.1, 0.15) is 11.5 Å². The smallest absolute Gasteiger partial charge is 0.118 e. The summed E-state index contributed by atoms with van der Waals surface area (Å²) in [5, 5.41) is 3.14. The minimum absolute atomic E-state index is 0.582. The van der Waals surface area contributed by atoms with Crippen molar-refractivity contribution in [1.29, 1.82) is 0 Å². The van der Waals surface area contributed by atoms with Crippen LogP contribution in [0.3, 0.4) is 0 Å². The van der Waals surface area contributed by atoms with Crippen LogP contribution in [-0.2, 0) is 13.1 Å². The number of aryl methyl sites for hydroxylation is 1. The van der Waals surface area contributed by atoms with Gasteiger partial charge in [0.05, 0.1) is 6.54 Å². The molecule has 0 fully saturated rings. The first-order chi connectivity index (χ1) is 9.08. The Bertz CT molecular complexity index is 358. The third-order valence-corrected chi connectivity index (χ3v) is 3.58. The normalized spacial score (nSPS) is 11.7. The molecule has 0 aromatic carbocycles. The highest BCUT2D eigenvalue weighted by molar-refractivity contribution is 5.20. The van der Waals surface area contributed by atoms with E-state index in [1.54, 1.807) is 0 Å². The van der Waals surface area contributed by atoms with E-state index in [0.29, 0.717) is 6.04 Å². The van der Waals surface area contributed by atoms with Crippen LogP contribution in [0.1, 0.15) is 57.1 Å². The van der Waals surface area contributed by atoms with Gasteiger partial charge in [0.15, 0.2) is 0 Å². The Hall–Kier alpha value is -0.800. The minimum atomic E-state index is 0.582. The number of rotatable bonds is 9. The maximum atomic E-state index is 5.77. The topological polar surface area (TPSA) is 28.4 Å². The van der Waals surface area contributed by atoms with Crippen LogP contribution >= 0.6 is 0 Å². The zero-order chi connectivity index (χ0) is 14.3. The average Bonchev–Trinajstić information content (AvgIpc) is 2.69. The van der Waals surface area contributed by atoms with E-state index in [1.165, 1.54) is 31.4 Å². The van der Waals surface area contributed by atoms with Crippen LogP contribution in [0.2, 0.25) is 0 Å². The summed E-state index contributed by atoms with van der Waals surface area (Å²) in [7, 11) is 1.95. The van der Waals surface area contributed by atoms with Gasteiger partial charge in [-0.3, -0.25) is 4.90 Å². The van der Waals surface area contributed by atoms with Gasteiger partial charge in [-0.25, -0.2) is 0 Å². The monoisotopic (exact) mass is 266 g/mol. The van der Waals surface area contributed by atoms with Crippen LogP contribution < -0.4 is 5.32 Å². The molecule has 1 N–H and O–H groups in total. The predicted octanol–water partition coefficient (Wildman–Crippen LogP) is 3.71. The van der Waals surface area contributed by atoms with Crippen molar-refractivity contribution in [2.45, 2.75) is 66.1 Å². The number of hydrogen-bond acceptors (Lipinski definition) is 3. The molecule has 0 saturated heterocycles. The number of nitrogens with zero attached hydrogens (tertiary/aromatic N) is 1. The Labute approximate surface area is 118 Å². The maximum Gasteiger partial charge on any atom is 0.118 e. The highest BCUT2D eigenvalue weighted by atomic mass is 16.3. The van der Waals surface area contributed by atoms with Crippen molar-refractivity contribution in [3.63, 3.8) is 0 Å². The van der Waals surface area contributed by atoms with E-state index < -0.39 is 0 Å². The second-order valence-electron chi connectivity index (χ2n) is 5.60. The standard InChI is InChI=1S/C16H30N2O/c1-6-7-8-9-18(13(2)3)12-15-10-16(11-17-5)19-14(15)4/h10,13,17H,6-9,11-12H2,1-5H3. The Morgan fingerprint density at radius 1 is 1.32 bits per heavy atom. The molecule has 1 heterocycles. The molecule has 0 bridgehead atoms. The fourth-order valence-electron chi connectivity index (χ4n) is 2.31. The summed E-state index contributed by atoms with van der Waals surface area (Å²) in [6.45, 7) is 11.9. The molecule has 0 saturated carbocycles. The molecule has 0 amide bonds. The van der Waals surface area contributed by atoms with Gasteiger partial charge in [-0.15, -0.1) is 0 Å². The Morgan fingerprint density at radius 3 is 2.63 bits per heavy atom. The fraction of sp³-hybridized carbons (Fsp3) is 0.750. The largest absolute Gasteiger partial charge is 0.465 e. The molecule has 110 valence electrons. The predicted molar refractivity (Wildman–Crippen MR) is 81.3 cm³/mol.